The molecule has 0 amide bonds. The van der Waals surface area contributed by atoms with E-state index < -0.39 is 17.6 Å². The third-order valence-electron chi connectivity index (χ3n) is 4.39. The second kappa shape index (κ2) is 14.6. The monoisotopic (exact) mass is 416 g/mol. The van der Waals surface area contributed by atoms with Crippen molar-refractivity contribution in [2.75, 3.05) is 74.9 Å². The molecule has 0 aromatic carbocycles. The van der Waals surface area contributed by atoms with Crippen molar-refractivity contribution < 1.29 is 31.3 Å². The van der Waals surface area contributed by atoms with Gasteiger partial charge in [0.15, 0.2) is 0 Å². The van der Waals surface area contributed by atoms with E-state index in [2.05, 4.69) is 0 Å². The first-order valence-corrected chi connectivity index (χ1v) is 14.3. The highest BCUT2D eigenvalue weighted by Crippen LogP contribution is 2.39. The lowest BCUT2D eigenvalue weighted by atomic mass is 10.6. The van der Waals surface area contributed by atoms with Gasteiger partial charge < -0.3 is 31.3 Å². The van der Waals surface area contributed by atoms with Crippen LogP contribution >= 0.6 is 7.92 Å². The average Bonchev–Trinajstić information content (AvgIpc) is 2.67. The number of hydrogen-bond acceptors (Lipinski definition) is 7. The summed E-state index contributed by atoms with van der Waals surface area (Å²) in [6.07, 6.45) is 5.50. The smallest absolute Gasteiger partial charge is 0.384 e. The molecule has 0 aromatic rings. The minimum atomic E-state index is -2.47. The van der Waals surface area contributed by atoms with Crippen molar-refractivity contribution in [2.24, 2.45) is 0 Å². The summed E-state index contributed by atoms with van der Waals surface area (Å²) in [6, 6.07) is 1.68. The summed E-state index contributed by atoms with van der Waals surface area (Å²) >= 11 is 0. The minimum Gasteiger partial charge on any atom is -0.384 e. The molecule has 0 unspecified atom stereocenters. The van der Waals surface area contributed by atoms with Crippen LogP contribution in [0.5, 0.6) is 0 Å². The van der Waals surface area contributed by atoms with Crippen LogP contribution in [0.1, 0.15) is 12.8 Å². The Bertz CT molecular complexity index is 276. The van der Waals surface area contributed by atoms with Crippen LogP contribution in [0.25, 0.3) is 0 Å². The molecule has 10 heteroatoms. The van der Waals surface area contributed by atoms with Crippen molar-refractivity contribution in [3.63, 3.8) is 0 Å². The first-order chi connectivity index (χ1) is 12.0. The van der Waals surface area contributed by atoms with E-state index in [4.69, 9.17) is 31.3 Å². The van der Waals surface area contributed by atoms with Crippen LogP contribution in [-0.2, 0) is 31.3 Å². The first-order valence-electron chi connectivity index (χ1n) is 8.53. The van der Waals surface area contributed by atoms with Crippen molar-refractivity contribution in [1.82, 2.24) is 0 Å². The third kappa shape index (κ3) is 9.37. The second-order valence-corrected chi connectivity index (χ2v) is 14.5. The quantitative estimate of drug-likeness (QED) is 0.267. The van der Waals surface area contributed by atoms with Gasteiger partial charge in [0.2, 0.25) is 0 Å². The Morgan fingerprint density at radius 1 is 0.560 bits per heavy atom. The molecular weight excluding hydrogens is 379 g/mol. The molecule has 0 saturated heterocycles. The van der Waals surface area contributed by atoms with E-state index in [9.17, 15) is 0 Å². The highest BCUT2D eigenvalue weighted by atomic mass is 31.1. The van der Waals surface area contributed by atoms with Gasteiger partial charge >= 0.3 is 17.6 Å². The number of hydrogen-bond donors (Lipinski definition) is 0. The van der Waals surface area contributed by atoms with E-state index >= 15 is 0 Å². The van der Waals surface area contributed by atoms with Crippen LogP contribution in [0, 0.1) is 0 Å². The summed E-state index contributed by atoms with van der Waals surface area (Å²) in [5.41, 5.74) is 0. The fourth-order valence-electron chi connectivity index (χ4n) is 2.71. The standard InChI is InChI=1S/C15H37O7PSi2/c1-16-10-13-23(11-8-14-24(17-2,18-3)19-4)12-9-15-25(20-5,21-6)22-7/h8-15H2,1-7H3. The van der Waals surface area contributed by atoms with Gasteiger partial charge in [-0.2, -0.15) is 0 Å². The molecule has 0 aromatic heterocycles. The Labute approximate surface area is 157 Å². The Kier molecular flexibility index (Phi) is 15.0. The molecule has 0 heterocycles. The van der Waals surface area contributed by atoms with Gasteiger partial charge in [-0.1, -0.05) is 0 Å². The van der Waals surface area contributed by atoms with E-state index in [0.717, 1.165) is 50.0 Å². The van der Waals surface area contributed by atoms with Gasteiger partial charge in [-0.3, -0.25) is 0 Å². The van der Waals surface area contributed by atoms with Gasteiger partial charge in [-0.15, -0.1) is 7.92 Å². The van der Waals surface area contributed by atoms with Crippen LogP contribution in [0.4, 0.5) is 0 Å². The molecule has 0 radical (unpaired) electrons. The molecular formula is C15H37O7PSi2. The summed E-state index contributed by atoms with van der Waals surface area (Å²) in [6.45, 7) is 0.800. The molecule has 7 nitrogen and oxygen atoms in total. The van der Waals surface area contributed by atoms with Crippen molar-refractivity contribution >= 4 is 25.5 Å². The zero-order valence-corrected chi connectivity index (χ0v) is 19.9. The molecule has 25 heavy (non-hydrogen) atoms. The summed E-state index contributed by atoms with van der Waals surface area (Å²) in [5.74, 6) is 0. The largest absolute Gasteiger partial charge is 0.500 e. The van der Waals surface area contributed by atoms with E-state index in [1.54, 1.807) is 49.8 Å². The van der Waals surface area contributed by atoms with Gasteiger partial charge in [-0.25, -0.2) is 0 Å². The Balaban J connectivity index is 4.45. The Morgan fingerprint density at radius 3 is 1.20 bits per heavy atom. The Morgan fingerprint density at radius 2 is 0.920 bits per heavy atom. The SMILES string of the molecule is COCCP(CCC[Si](OC)(OC)OC)CCC[Si](OC)(OC)OC. The molecule has 152 valence electrons. The molecule has 0 fully saturated rings. The number of methoxy groups -OCH3 is 1. The fraction of sp³-hybridized carbons (Fsp3) is 1.00. The van der Waals surface area contributed by atoms with Gasteiger partial charge in [-0.05, 0) is 31.3 Å². The van der Waals surface area contributed by atoms with Crippen LogP contribution in [0.2, 0.25) is 12.1 Å². The molecule has 0 aliphatic rings. The van der Waals surface area contributed by atoms with Crippen LogP contribution < -0.4 is 0 Å². The molecule has 0 spiro atoms. The van der Waals surface area contributed by atoms with E-state index in [0.29, 0.717) is 0 Å². The molecule has 0 N–H and O–H groups in total. The summed E-state index contributed by atoms with van der Waals surface area (Å²) in [4.78, 5) is 0. The first kappa shape index (κ1) is 25.6. The highest BCUT2D eigenvalue weighted by molar-refractivity contribution is 7.57. The normalized spacial score (nSPS) is 13.0. The van der Waals surface area contributed by atoms with E-state index in [1.165, 1.54) is 0 Å². The molecule has 0 aliphatic heterocycles. The lowest BCUT2D eigenvalue weighted by Crippen LogP contribution is -2.43. The van der Waals surface area contributed by atoms with Crippen LogP contribution in [0.15, 0.2) is 0 Å². The minimum absolute atomic E-state index is 0.117. The second-order valence-electron chi connectivity index (χ2n) is 5.63. The molecule has 0 atom stereocenters. The molecule has 0 aliphatic carbocycles. The predicted octanol–water partition coefficient (Wildman–Crippen LogP) is 2.65. The molecule has 0 bridgehead atoms. The summed E-state index contributed by atoms with van der Waals surface area (Å²) in [5, 5.41) is 0. The summed E-state index contributed by atoms with van der Waals surface area (Å²) < 4.78 is 38.3. The van der Waals surface area contributed by atoms with E-state index in [1.807, 2.05) is 0 Å². The van der Waals surface area contributed by atoms with Gasteiger partial charge in [0, 0.05) is 61.9 Å². The van der Waals surface area contributed by atoms with Gasteiger partial charge in [0.1, 0.15) is 0 Å². The predicted molar refractivity (Wildman–Crippen MR) is 106 cm³/mol. The topological polar surface area (TPSA) is 64.6 Å². The number of ether oxygens (including phenoxy) is 1. The maximum atomic E-state index is 5.50. The Hall–Kier alpha value is 0.584. The van der Waals surface area contributed by atoms with Crippen molar-refractivity contribution in [1.29, 1.82) is 0 Å². The zero-order valence-electron chi connectivity index (χ0n) is 17.0. The average molecular weight is 417 g/mol. The van der Waals surface area contributed by atoms with Crippen molar-refractivity contribution in [3.05, 3.63) is 0 Å². The highest BCUT2D eigenvalue weighted by Gasteiger charge is 2.38. The lowest BCUT2D eigenvalue weighted by molar-refractivity contribution is 0.123. The maximum absolute atomic E-state index is 5.50. The summed E-state index contributed by atoms with van der Waals surface area (Å²) in [7, 11) is 6.69. The van der Waals surface area contributed by atoms with Crippen molar-refractivity contribution in [3.8, 4) is 0 Å². The van der Waals surface area contributed by atoms with Crippen LogP contribution in [0.3, 0.4) is 0 Å². The lowest BCUT2D eigenvalue weighted by Gasteiger charge is -2.26. The third-order valence-corrected chi connectivity index (χ3v) is 12.8. The fourth-order valence-corrected chi connectivity index (χ4v) is 9.07. The number of rotatable bonds is 17. The van der Waals surface area contributed by atoms with Crippen molar-refractivity contribution in [2.45, 2.75) is 24.9 Å². The van der Waals surface area contributed by atoms with Gasteiger partial charge in [0.25, 0.3) is 0 Å². The maximum Gasteiger partial charge on any atom is 0.500 e. The molecule has 0 saturated carbocycles. The van der Waals surface area contributed by atoms with E-state index in [-0.39, 0.29) is 7.92 Å². The molecule has 0 rings (SSSR count). The van der Waals surface area contributed by atoms with Crippen LogP contribution in [-0.4, -0.2) is 92.5 Å². The van der Waals surface area contributed by atoms with Gasteiger partial charge in [0.05, 0.1) is 6.61 Å². The zero-order chi connectivity index (χ0) is 19.2.